The fourth-order valence-electron chi connectivity index (χ4n) is 2.39. The van der Waals surface area contributed by atoms with Crippen molar-refractivity contribution >= 4 is 40.1 Å². The Morgan fingerprint density at radius 2 is 2.15 bits per heavy atom. The number of fused-ring (bicyclic) bond motifs is 1. The first-order chi connectivity index (χ1) is 9.26. The highest BCUT2D eigenvalue weighted by atomic mass is 35.5. The minimum atomic E-state index is -0.633. The molecular formula is C13H14Cl2FN3O. The van der Waals surface area contributed by atoms with Crippen molar-refractivity contribution in [3.05, 3.63) is 28.8 Å². The quantitative estimate of drug-likeness (QED) is 0.880. The Labute approximate surface area is 125 Å². The van der Waals surface area contributed by atoms with Gasteiger partial charge in [-0.15, -0.1) is 11.6 Å². The van der Waals surface area contributed by atoms with Gasteiger partial charge < -0.3 is 10.3 Å². The van der Waals surface area contributed by atoms with Crippen LogP contribution in [0.5, 0.6) is 0 Å². The van der Waals surface area contributed by atoms with E-state index in [4.69, 9.17) is 28.9 Å². The Morgan fingerprint density at radius 1 is 1.50 bits per heavy atom. The van der Waals surface area contributed by atoms with Gasteiger partial charge in [0, 0.05) is 18.0 Å². The van der Waals surface area contributed by atoms with Crippen molar-refractivity contribution in [2.24, 2.45) is 5.73 Å². The Kier molecular flexibility index (Phi) is 3.93. The number of imidazole rings is 1. The molecule has 0 fully saturated rings. The van der Waals surface area contributed by atoms with Crippen LogP contribution in [0.15, 0.2) is 12.1 Å². The summed E-state index contributed by atoms with van der Waals surface area (Å²) >= 11 is 11.7. The average molecular weight is 318 g/mol. The lowest BCUT2D eigenvalue weighted by Crippen LogP contribution is -2.33. The van der Waals surface area contributed by atoms with Crippen LogP contribution >= 0.6 is 23.2 Å². The molecule has 1 amide bonds. The van der Waals surface area contributed by atoms with Crippen molar-refractivity contribution in [3.8, 4) is 0 Å². The summed E-state index contributed by atoms with van der Waals surface area (Å²) in [5.74, 6) is -0.311. The minimum Gasteiger partial charge on any atom is -0.370 e. The van der Waals surface area contributed by atoms with E-state index in [-0.39, 0.29) is 17.3 Å². The number of primary amides is 1. The maximum absolute atomic E-state index is 13.5. The zero-order valence-electron chi connectivity index (χ0n) is 11.1. The molecule has 0 aliphatic rings. The average Bonchev–Trinajstić information content (AvgIpc) is 2.66. The third-order valence-electron chi connectivity index (χ3n) is 3.10. The van der Waals surface area contributed by atoms with Crippen molar-refractivity contribution in [1.29, 1.82) is 0 Å². The summed E-state index contributed by atoms with van der Waals surface area (Å²) in [6, 6.07) is 2.74. The zero-order chi connectivity index (χ0) is 15.1. The van der Waals surface area contributed by atoms with Crippen molar-refractivity contribution in [1.82, 2.24) is 9.55 Å². The number of hydrogen-bond donors (Lipinski definition) is 1. The van der Waals surface area contributed by atoms with Crippen molar-refractivity contribution < 1.29 is 9.18 Å². The maximum atomic E-state index is 13.5. The molecular weight excluding hydrogens is 304 g/mol. The molecule has 0 saturated heterocycles. The third kappa shape index (κ3) is 2.60. The monoisotopic (exact) mass is 317 g/mol. The highest BCUT2D eigenvalue weighted by molar-refractivity contribution is 6.31. The Balaban J connectivity index is 2.72. The van der Waals surface area contributed by atoms with E-state index < -0.39 is 17.3 Å². The van der Waals surface area contributed by atoms with Crippen molar-refractivity contribution in [2.45, 2.75) is 31.7 Å². The van der Waals surface area contributed by atoms with Crippen molar-refractivity contribution in [2.75, 3.05) is 0 Å². The van der Waals surface area contributed by atoms with Gasteiger partial charge in [-0.3, -0.25) is 4.79 Å². The van der Waals surface area contributed by atoms with E-state index in [1.807, 2.05) is 13.8 Å². The van der Waals surface area contributed by atoms with Gasteiger partial charge in [-0.05, 0) is 19.9 Å². The lowest BCUT2D eigenvalue weighted by Gasteiger charge is -2.28. The minimum absolute atomic E-state index is 0.00496. The maximum Gasteiger partial charge on any atom is 0.219 e. The Morgan fingerprint density at radius 3 is 2.70 bits per heavy atom. The van der Waals surface area contributed by atoms with E-state index in [9.17, 15) is 9.18 Å². The van der Waals surface area contributed by atoms with E-state index in [1.165, 1.54) is 12.1 Å². The van der Waals surface area contributed by atoms with Crippen LogP contribution < -0.4 is 5.73 Å². The van der Waals surface area contributed by atoms with Gasteiger partial charge in [-0.1, -0.05) is 11.6 Å². The van der Waals surface area contributed by atoms with Gasteiger partial charge in [-0.2, -0.15) is 0 Å². The molecule has 108 valence electrons. The molecule has 2 aromatic rings. The van der Waals surface area contributed by atoms with Gasteiger partial charge in [0.25, 0.3) is 0 Å². The summed E-state index contributed by atoms with van der Waals surface area (Å²) in [4.78, 5) is 15.5. The van der Waals surface area contributed by atoms with Crippen LogP contribution in [0.2, 0.25) is 5.02 Å². The molecule has 2 rings (SSSR count). The first-order valence-electron chi connectivity index (χ1n) is 5.97. The fourth-order valence-corrected chi connectivity index (χ4v) is 2.73. The summed E-state index contributed by atoms with van der Waals surface area (Å²) in [5.41, 5.74) is 5.72. The zero-order valence-corrected chi connectivity index (χ0v) is 12.6. The van der Waals surface area contributed by atoms with E-state index in [2.05, 4.69) is 4.98 Å². The van der Waals surface area contributed by atoms with E-state index >= 15 is 0 Å². The SMILES string of the molecule is CC(C)(CC(N)=O)n1c(CCl)nc2cc(F)c(Cl)cc21. The Bertz CT molecular complexity index is 682. The van der Waals surface area contributed by atoms with Crippen LogP contribution in [-0.4, -0.2) is 15.5 Å². The van der Waals surface area contributed by atoms with Crippen LogP contribution in [0, 0.1) is 5.82 Å². The molecule has 1 heterocycles. The molecule has 7 heteroatoms. The number of nitrogens with two attached hydrogens (primary N) is 1. The molecule has 2 N–H and O–H groups in total. The molecule has 0 saturated carbocycles. The van der Waals surface area contributed by atoms with E-state index in [0.717, 1.165) is 0 Å². The number of amides is 1. The Hall–Kier alpha value is -1.33. The summed E-state index contributed by atoms with van der Waals surface area (Å²) in [6.45, 7) is 3.68. The smallest absolute Gasteiger partial charge is 0.219 e. The third-order valence-corrected chi connectivity index (χ3v) is 3.63. The number of carbonyl (C=O) groups excluding carboxylic acids is 1. The van der Waals surface area contributed by atoms with Crippen LogP contribution in [0.4, 0.5) is 4.39 Å². The number of hydrogen-bond acceptors (Lipinski definition) is 2. The molecule has 0 bridgehead atoms. The van der Waals surface area contributed by atoms with Gasteiger partial charge in [0.15, 0.2) is 0 Å². The highest BCUT2D eigenvalue weighted by Crippen LogP contribution is 2.31. The number of alkyl halides is 1. The number of benzene rings is 1. The molecule has 0 spiro atoms. The van der Waals surface area contributed by atoms with Gasteiger partial charge in [-0.25, -0.2) is 9.37 Å². The lowest BCUT2D eigenvalue weighted by molar-refractivity contribution is -0.119. The van der Waals surface area contributed by atoms with E-state index in [1.54, 1.807) is 4.57 Å². The summed E-state index contributed by atoms with van der Waals surface area (Å²) < 4.78 is 15.3. The van der Waals surface area contributed by atoms with Crippen LogP contribution in [0.3, 0.4) is 0 Å². The summed E-state index contributed by atoms with van der Waals surface area (Å²) in [5, 5.41) is -0.00496. The fraction of sp³-hybridized carbons (Fsp3) is 0.385. The topological polar surface area (TPSA) is 60.9 Å². The second kappa shape index (κ2) is 5.22. The summed E-state index contributed by atoms with van der Waals surface area (Å²) in [7, 11) is 0. The molecule has 20 heavy (non-hydrogen) atoms. The number of halogens is 3. The molecule has 1 aromatic carbocycles. The van der Waals surface area contributed by atoms with Crippen LogP contribution in [-0.2, 0) is 16.2 Å². The number of aromatic nitrogens is 2. The predicted molar refractivity (Wildman–Crippen MR) is 77.4 cm³/mol. The second-order valence-corrected chi connectivity index (χ2v) is 5.88. The molecule has 0 radical (unpaired) electrons. The first-order valence-corrected chi connectivity index (χ1v) is 6.88. The van der Waals surface area contributed by atoms with E-state index in [0.29, 0.717) is 16.9 Å². The second-order valence-electron chi connectivity index (χ2n) is 5.21. The highest BCUT2D eigenvalue weighted by Gasteiger charge is 2.28. The number of rotatable bonds is 4. The lowest BCUT2D eigenvalue weighted by atomic mass is 9.99. The number of carbonyl (C=O) groups is 1. The molecule has 0 unspecified atom stereocenters. The largest absolute Gasteiger partial charge is 0.370 e. The predicted octanol–water partition coefficient (Wildman–Crippen LogP) is 3.18. The summed E-state index contributed by atoms with van der Waals surface area (Å²) in [6.07, 6.45) is 0.108. The van der Waals surface area contributed by atoms with Gasteiger partial charge >= 0.3 is 0 Å². The molecule has 4 nitrogen and oxygen atoms in total. The molecule has 0 aliphatic heterocycles. The molecule has 1 aromatic heterocycles. The van der Waals surface area contributed by atoms with Gasteiger partial charge in [0.05, 0.1) is 21.9 Å². The molecule has 0 aliphatic carbocycles. The molecule has 0 atom stereocenters. The van der Waals surface area contributed by atoms with Crippen LogP contribution in [0.1, 0.15) is 26.1 Å². The van der Waals surface area contributed by atoms with Gasteiger partial charge in [0.2, 0.25) is 5.91 Å². The number of nitrogens with zero attached hydrogens (tertiary/aromatic N) is 2. The standard InChI is InChI=1S/C13H14Cl2FN3O/c1-13(2,5-11(17)20)19-10-3-7(15)8(16)4-9(10)18-12(19)6-14/h3-4H,5-6H2,1-2H3,(H2,17,20). The van der Waals surface area contributed by atoms with Crippen molar-refractivity contribution in [3.63, 3.8) is 0 Å². The van der Waals surface area contributed by atoms with Gasteiger partial charge in [0.1, 0.15) is 11.6 Å². The first kappa shape index (κ1) is 15.1. The van der Waals surface area contributed by atoms with Crippen LogP contribution in [0.25, 0.3) is 11.0 Å². The normalized spacial score (nSPS) is 12.1.